The molecule has 0 radical (unpaired) electrons. The molecule has 0 aliphatic carbocycles. The van der Waals surface area contributed by atoms with Crippen LogP contribution < -0.4 is 16.4 Å². The lowest BCUT2D eigenvalue weighted by Gasteiger charge is -2.39. The second-order valence-electron chi connectivity index (χ2n) is 4.71. The van der Waals surface area contributed by atoms with Crippen LogP contribution in [0.3, 0.4) is 0 Å². The normalized spacial score (nSPS) is 21.7. The van der Waals surface area contributed by atoms with Crippen molar-refractivity contribution in [3.05, 3.63) is 18.1 Å². The molecule has 1 aliphatic heterocycles. The highest BCUT2D eigenvalue weighted by molar-refractivity contribution is 5.95. The zero-order valence-corrected chi connectivity index (χ0v) is 10.5. The van der Waals surface area contributed by atoms with Gasteiger partial charge in [-0.05, 0) is 26.2 Å². The van der Waals surface area contributed by atoms with E-state index in [0.29, 0.717) is 5.82 Å². The minimum Gasteiger partial charge on any atom is -0.364 e. The summed E-state index contributed by atoms with van der Waals surface area (Å²) in [6, 6.07) is 0.210. The van der Waals surface area contributed by atoms with Crippen molar-refractivity contribution >= 4 is 11.7 Å². The van der Waals surface area contributed by atoms with E-state index in [9.17, 15) is 4.79 Å². The molecule has 1 aliphatic rings. The summed E-state index contributed by atoms with van der Waals surface area (Å²) in [6.45, 7) is 2.81. The van der Waals surface area contributed by atoms with Crippen molar-refractivity contribution < 1.29 is 4.79 Å². The van der Waals surface area contributed by atoms with Crippen molar-refractivity contribution in [1.29, 1.82) is 0 Å². The SMILES string of the molecule is CC(N)C1CCCCN1c1nccnc1C(N)=O. The first-order valence-corrected chi connectivity index (χ1v) is 6.24. The average Bonchev–Trinajstić information content (AvgIpc) is 2.38. The van der Waals surface area contributed by atoms with Gasteiger partial charge in [0.1, 0.15) is 0 Å². The molecule has 2 atom stereocenters. The number of nitrogens with zero attached hydrogens (tertiary/aromatic N) is 3. The van der Waals surface area contributed by atoms with Crippen LogP contribution in [0.15, 0.2) is 12.4 Å². The van der Waals surface area contributed by atoms with E-state index in [1.807, 2.05) is 6.92 Å². The van der Waals surface area contributed by atoms with Crippen LogP contribution in [-0.4, -0.2) is 34.5 Å². The van der Waals surface area contributed by atoms with Gasteiger partial charge < -0.3 is 16.4 Å². The number of carbonyl (C=O) groups excluding carboxylic acids is 1. The molecule has 1 aromatic rings. The maximum Gasteiger partial charge on any atom is 0.271 e. The van der Waals surface area contributed by atoms with Gasteiger partial charge in [-0.25, -0.2) is 9.97 Å². The molecule has 6 heteroatoms. The summed E-state index contributed by atoms with van der Waals surface area (Å²) in [5, 5.41) is 0. The summed E-state index contributed by atoms with van der Waals surface area (Å²) >= 11 is 0. The van der Waals surface area contributed by atoms with E-state index in [0.717, 1.165) is 25.8 Å². The monoisotopic (exact) mass is 249 g/mol. The predicted octanol–water partition coefficient (Wildman–Crippen LogP) is 0.282. The smallest absolute Gasteiger partial charge is 0.271 e. The first-order chi connectivity index (χ1) is 8.61. The topological polar surface area (TPSA) is 98.1 Å². The second-order valence-corrected chi connectivity index (χ2v) is 4.71. The summed E-state index contributed by atoms with van der Waals surface area (Å²) in [6.07, 6.45) is 6.28. The molecule has 0 bridgehead atoms. The van der Waals surface area contributed by atoms with Crippen molar-refractivity contribution in [2.45, 2.75) is 38.3 Å². The Kier molecular flexibility index (Phi) is 3.76. The predicted molar refractivity (Wildman–Crippen MR) is 69.2 cm³/mol. The molecule has 2 heterocycles. The van der Waals surface area contributed by atoms with Gasteiger partial charge in [-0.2, -0.15) is 0 Å². The van der Waals surface area contributed by atoms with Crippen LogP contribution in [0.4, 0.5) is 5.82 Å². The molecule has 2 unspecified atom stereocenters. The fraction of sp³-hybridized carbons (Fsp3) is 0.583. The first kappa shape index (κ1) is 12.8. The molecule has 0 aromatic carbocycles. The van der Waals surface area contributed by atoms with Crippen molar-refractivity contribution in [2.75, 3.05) is 11.4 Å². The van der Waals surface area contributed by atoms with E-state index >= 15 is 0 Å². The minimum atomic E-state index is -0.549. The van der Waals surface area contributed by atoms with Gasteiger partial charge in [0.25, 0.3) is 5.91 Å². The van der Waals surface area contributed by atoms with Crippen LogP contribution in [0.5, 0.6) is 0 Å². The molecule has 1 saturated heterocycles. The van der Waals surface area contributed by atoms with E-state index in [-0.39, 0.29) is 17.8 Å². The summed E-state index contributed by atoms with van der Waals surface area (Å²) in [4.78, 5) is 21.8. The van der Waals surface area contributed by atoms with E-state index < -0.39 is 5.91 Å². The molecule has 4 N–H and O–H groups in total. The molecule has 0 spiro atoms. The van der Waals surface area contributed by atoms with Gasteiger partial charge in [-0.3, -0.25) is 4.79 Å². The lowest BCUT2D eigenvalue weighted by Crippen LogP contribution is -2.50. The Morgan fingerprint density at radius 1 is 1.44 bits per heavy atom. The number of nitrogens with two attached hydrogens (primary N) is 2. The molecule has 2 rings (SSSR count). The van der Waals surface area contributed by atoms with Gasteiger partial charge in [0.2, 0.25) is 0 Å². The third-order valence-corrected chi connectivity index (χ3v) is 3.34. The number of primary amides is 1. The van der Waals surface area contributed by atoms with Gasteiger partial charge in [0, 0.05) is 31.0 Å². The van der Waals surface area contributed by atoms with Crippen LogP contribution in [0.25, 0.3) is 0 Å². The van der Waals surface area contributed by atoms with Gasteiger partial charge in [-0.15, -0.1) is 0 Å². The molecule has 1 fully saturated rings. The van der Waals surface area contributed by atoms with Crippen LogP contribution in [0.1, 0.15) is 36.7 Å². The molecule has 98 valence electrons. The molecule has 18 heavy (non-hydrogen) atoms. The fourth-order valence-corrected chi connectivity index (χ4v) is 2.48. The van der Waals surface area contributed by atoms with Gasteiger partial charge >= 0.3 is 0 Å². The number of carbonyl (C=O) groups is 1. The van der Waals surface area contributed by atoms with Crippen LogP contribution in [0.2, 0.25) is 0 Å². The fourth-order valence-electron chi connectivity index (χ4n) is 2.48. The Morgan fingerprint density at radius 3 is 2.83 bits per heavy atom. The third-order valence-electron chi connectivity index (χ3n) is 3.34. The highest BCUT2D eigenvalue weighted by Gasteiger charge is 2.29. The van der Waals surface area contributed by atoms with Crippen molar-refractivity contribution in [3.8, 4) is 0 Å². The standard InChI is InChI=1S/C12H19N5O/c1-8(13)9-4-2-3-7-17(9)12-10(11(14)18)15-5-6-16-12/h5-6,8-9H,2-4,7,13H2,1H3,(H2,14,18). The molecule has 1 amide bonds. The van der Waals surface area contributed by atoms with E-state index in [1.165, 1.54) is 6.20 Å². The van der Waals surface area contributed by atoms with E-state index in [4.69, 9.17) is 11.5 Å². The quantitative estimate of drug-likeness (QED) is 0.801. The summed E-state index contributed by atoms with van der Waals surface area (Å²) in [7, 11) is 0. The zero-order chi connectivity index (χ0) is 13.1. The lowest BCUT2D eigenvalue weighted by atomic mass is 9.97. The number of hydrogen-bond acceptors (Lipinski definition) is 5. The number of piperidine rings is 1. The van der Waals surface area contributed by atoms with Crippen LogP contribution >= 0.6 is 0 Å². The Labute approximate surface area is 106 Å². The minimum absolute atomic E-state index is 0.0213. The number of rotatable bonds is 3. The van der Waals surface area contributed by atoms with Gasteiger partial charge in [-0.1, -0.05) is 0 Å². The van der Waals surface area contributed by atoms with Gasteiger partial charge in [0.05, 0.1) is 0 Å². The number of hydrogen-bond donors (Lipinski definition) is 2. The lowest BCUT2D eigenvalue weighted by molar-refractivity contribution is 0.0995. The Balaban J connectivity index is 2.36. The first-order valence-electron chi connectivity index (χ1n) is 6.24. The molecule has 0 saturated carbocycles. The Bertz CT molecular complexity index is 434. The molecular weight excluding hydrogens is 230 g/mol. The average molecular weight is 249 g/mol. The third kappa shape index (κ3) is 2.43. The summed E-state index contributed by atoms with van der Waals surface area (Å²) < 4.78 is 0. The summed E-state index contributed by atoms with van der Waals surface area (Å²) in [5.41, 5.74) is 11.6. The Morgan fingerprint density at radius 2 is 2.17 bits per heavy atom. The number of anilines is 1. The van der Waals surface area contributed by atoms with Crippen LogP contribution in [-0.2, 0) is 0 Å². The number of amides is 1. The highest BCUT2D eigenvalue weighted by atomic mass is 16.1. The van der Waals surface area contributed by atoms with Crippen molar-refractivity contribution in [2.24, 2.45) is 11.5 Å². The number of aromatic nitrogens is 2. The highest BCUT2D eigenvalue weighted by Crippen LogP contribution is 2.26. The van der Waals surface area contributed by atoms with Crippen molar-refractivity contribution in [1.82, 2.24) is 9.97 Å². The van der Waals surface area contributed by atoms with Crippen molar-refractivity contribution in [3.63, 3.8) is 0 Å². The van der Waals surface area contributed by atoms with Gasteiger partial charge in [0.15, 0.2) is 11.5 Å². The van der Waals surface area contributed by atoms with Crippen LogP contribution in [0, 0.1) is 0 Å². The maximum absolute atomic E-state index is 11.4. The molecular formula is C12H19N5O. The van der Waals surface area contributed by atoms with E-state index in [1.54, 1.807) is 6.20 Å². The molecule has 1 aromatic heterocycles. The van der Waals surface area contributed by atoms with E-state index in [2.05, 4.69) is 14.9 Å². The second kappa shape index (κ2) is 5.30. The maximum atomic E-state index is 11.4. The largest absolute Gasteiger partial charge is 0.364 e. The Hall–Kier alpha value is -1.69. The summed E-state index contributed by atoms with van der Waals surface area (Å²) in [5.74, 6) is 0.0131. The zero-order valence-electron chi connectivity index (χ0n) is 10.5. The molecule has 6 nitrogen and oxygen atoms in total.